The number of amides is 1. The molecule has 0 saturated carbocycles. The number of aromatic nitrogens is 3. The molecule has 3 rings (SSSR count). The Morgan fingerprint density at radius 2 is 1.95 bits per heavy atom. The Morgan fingerprint density at radius 3 is 2.57 bits per heavy atom. The number of aryl methyl sites for hydroxylation is 1. The molecule has 1 amide bonds. The second kappa shape index (κ2) is 5.79. The molecule has 1 fully saturated rings. The first-order valence-corrected chi connectivity index (χ1v) is 7.90. The average molecular weight is 341 g/mol. The van der Waals surface area contributed by atoms with Crippen LogP contribution < -0.4 is 4.90 Å². The molecule has 1 aliphatic rings. The van der Waals surface area contributed by atoms with Crippen LogP contribution in [0.3, 0.4) is 0 Å². The number of hydrogen-bond acceptors (Lipinski definition) is 5. The molecule has 0 aromatic carbocycles. The van der Waals surface area contributed by atoms with Gasteiger partial charge in [-0.25, -0.2) is 15.0 Å². The highest BCUT2D eigenvalue weighted by Gasteiger charge is 2.37. The predicted molar refractivity (Wildman–Crippen MR) is 83.7 cm³/mol. The minimum absolute atomic E-state index is 0.0441. The van der Waals surface area contributed by atoms with Crippen LogP contribution in [0.25, 0.3) is 0 Å². The van der Waals surface area contributed by atoms with E-state index in [0.717, 1.165) is 5.56 Å². The number of thioether (sulfide) groups is 1. The van der Waals surface area contributed by atoms with Gasteiger partial charge in [-0.2, -0.15) is 0 Å². The van der Waals surface area contributed by atoms with E-state index in [1.54, 1.807) is 17.2 Å². The number of rotatable bonds is 2. The summed E-state index contributed by atoms with van der Waals surface area (Å²) in [7, 11) is 0. The lowest BCUT2D eigenvalue weighted by atomic mass is 10.2. The summed E-state index contributed by atoms with van der Waals surface area (Å²) in [5, 5.41) is 0.132. The van der Waals surface area contributed by atoms with Gasteiger partial charge in [0.2, 0.25) is 5.91 Å². The third kappa shape index (κ3) is 2.71. The molecule has 0 radical (unpaired) electrons. The molecule has 5 nitrogen and oxygen atoms in total. The fourth-order valence-corrected chi connectivity index (χ4v) is 3.90. The molecule has 0 aliphatic carbocycles. The predicted octanol–water partition coefficient (Wildman–Crippen LogP) is 3.27. The van der Waals surface area contributed by atoms with Crippen molar-refractivity contribution in [2.75, 3.05) is 10.7 Å². The maximum absolute atomic E-state index is 12.2. The summed E-state index contributed by atoms with van der Waals surface area (Å²) >= 11 is 13.7. The first kappa shape index (κ1) is 14.6. The zero-order chi connectivity index (χ0) is 15.0. The minimum Gasteiger partial charge on any atom is -0.279 e. The molecule has 0 bridgehead atoms. The first-order chi connectivity index (χ1) is 10.1. The molecule has 1 aliphatic heterocycles. The zero-order valence-corrected chi connectivity index (χ0v) is 13.3. The topological polar surface area (TPSA) is 59.0 Å². The summed E-state index contributed by atoms with van der Waals surface area (Å²) < 4.78 is 0. The van der Waals surface area contributed by atoms with Gasteiger partial charge in [0, 0.05) is 6.20 Å². The van der Waals surface area contributed by atoms with Gasteiger partial charge in [-0.15, -0.1) is 11.8 Å². The molecule has 0 N–H and O–H groups in total. The van der Waals surface area contributed by atoms with Crippen molar-refractivity contribution < 1.29 is 4.79 Å². The average Bonchev–Trinajstić information content (AvgIpc) is 2.82. The Balaban J connectivity index is 2.05. The van der Waals surface area contributed by atoms with Gasteiger partial charge in [-0.1, -0.05) is 29.3 Å². The lowest BCUT2D eigenvalue weighted by Crippen LogP contribution is -2.29. The normalized spacial score (nSPS) is 18.3. The lowest BCUT2D eigenvalue weighted by molar-refractivity contribution is -0.115. The number of hydrogen-bond donors (Lipinski definition) is 0. The summed E-state index contributed by atoms with van der Waals surface area (Å²) in [5.74, 6) is 0.857. The Bertz CT molecular complexity index is 675. The van der Waals surface area contributed by atoms with Crippen LogP contribution in [0.1, 0.15) is 16.5 Å². The van der Waals surface area contributed by atoms with E-state index in [1.165, 1.54) is 18.1 Å². The second-order valence-corrected chi connectivity index (χ2v) is 6.27. The molecule has 1 unspecified atom stereocenters. The summed E-state index contributed by atoms with van der Waals surface area (Å²) in [6, 6.07) is 3.71. The first-order valence-electron chi connectivity index (χ1n) is 6.10. The van der Waals surface area contributed by atoms with Gasteiger partial charge >= 0.3 is 0 Å². The highest BCUT2D eigenvalue weighted by atomic mass is 35.5. The molecule has 8 heteroatoms. The Kier molecular flexibility index (Phi) is 4.01. The highest BCUT2D eigenvalue weighted by Crippen LogP contribution is 2.44. The van der Waals surface area contributed by atoms with Crippen molar-refractivity contribution in [2.24, 2.45) is 0 Å². The number of carbonyl (C=O) groups is 1. The van der Waals surface area contributed by atoms with E-state index in [0.29, 0.717) is 17.1 Å². The maximum atomic E-state index is 12.2. The third-order valence-corrected chi connectivity index (χ3v) is 4.82. The monoisotopic (exact) mass is 340 g/mol. The van der Waals surface area contributed by atoms with Crippen molar-refractivity contribution in [3.05, 3.63) is 46.1 Å². The van der Waals surface area contributed by atoms with Crippen molar-refractivity contribution in [1.29, 1.82) is 0 Å². The van der Waals surface area contributed by atoms with Gasteiger partial charge in [-0.3, -0.25) is 9.69 Å². The van der Waals surface area contributed by atoms with Crippen molar-refractivity contribution in [3.63, 3.8) is 0 Å². The summed E-state index contributed by atoms with van der Waals surface area (Å²) in [5.41, 5.74) is 1.56. The molecule has 2 aromatic rings. The number of anilines is 1. The molecule has 2 aromatic heterocycles. The molecule has 1 saturated heterocycles. The van der Waals surface area contributed by atoms with E-state index < -0.39 is 0 Å². The van der Waals surface area contributed by atoms with Crippen LogP contribution >= 0.6 is 35.0 Å². The summed E-state index contributed by atoms with van der Waals surface area (Å²) in [6.07, 6.45) is 3.01. The van der Waals surface area contributed by atoms with E-state index in [-0.39, 0.29) is 21.6 Å². The van der Waals surface area contributed by atoms with Crippen molar-refractivity contribution >= 4 is 46.7 Å². The van der Waals surface area contributed by atoms with Gasteiger partial charge in [0.25, 0.3) is 0 Å². The highest BCUT2D eigenvalue weighted by molar-refractivity contribution is 8.00. The minimum atomic E-state index is -0.367. The molecular weight excluding hydrogens is 331 g/mol. The molecular formula is C13H10Cl2N4OS. The molecule has 108 valence electrons. The fourth-order valence-electron chi connectivity index (χ4n) is 2.05. The molecule has 3 heterocycles. The SMILES string of the molecule is Cc1ccc(N2C(=O)CSC2c2c(Cl)ncnc2Cl)nc1. The number of pyridine rings is 1. The van der Waals surface area contributed by atoms with Crippen LogP contribution in [0, 0.1) is 6.92 Å². The number of carbonyl (C=O) groups excluding carboxylic acids is 1. The van der Waals surface area contributed by atoms with Crippen molar-refractivity contribution in [1.82, 2.24) is 15.0 Å². The lowest BCUT2D eigenvalue weighted by Gasteiger charge is -2.24. The van der Waals surface area contributed by atoms with E-state index >= 15 is 0 Å². The molecule has 21 heavy (non-hydrogen) atoms. The van der Waals surface area contributed by atoms with Crippen LogP contribution in [0.15, 0.2) is 24.7 Å². The van der Waals surface area contributed by atoms with Gasteiger partial charge in [0.15, 0.2) is 0 Å². The standard InChI is InChI=1S/C13H10Cl2N4OS/c1-7-2-3-8(16-4-7)19-9(20)5-21-13(19)10-11(14)17-6-18-12(10)15/h2-4,6,13H,5H2,1H3. The molecule has 1 atom stereocenters. The van der Waals surface area contributed by atoms with Crippen molar-refractivity contribution in [2.45, 2.75) is 12.3 Å². The van der Waals surface area contributed by atoms with Crippen molar-refractivity contribution in [3.8, 4) is 0 Å². The number of nitrogens with zero attached hydrogens (tertiary/aromatic N) is 4. The van der Waals surface area contributed by atoms with E-state index in [4.69, 9.17) is 23.2 Å². The fraction of sp³-hybridized carbons (Fsp3) is 0.231. The summed E-state index contributed by atoms with van der Waals surface area (Å²) in [6.45, 7) is 1.94. The van der Waals surface area contributed by atoms with Crippen LogP contribution in [0.4, 0.5) is 5.82 Å². The second-order valence-electron chi connectivity index (χ2n) is 4.49. The Labute approximate surface area is 135 Å². The van der Waals surface area contributed by atoms with Gasteiger partial charge < -0.3 is 0 Å². The number of halogens is 2. The largest absolute Gasteiger partial charge is 0.279 e. The smallest absolute Gasteiger partial charge is 0.239 e. The van der Waals surface area contributed by atoms with E-state index in [1.807, 2.05) is 13.0 Å². The van der Waals surface area contributed by atoms with Crippen LogP contribution in [0.2, 0.25) is 10.3 Å². The van der Waals surface area contributed by atoms with Crippen LogP contribution in [-0.2, 0) is 4.79 Å². The van der Waals surface area contributed by atoms with Crippen LogP contribution in [-0.4, -0.2) is 26.6 Å². The zero-order valence-electron chi connectivity index (χ0n) is 11.0. The van der Waals surface area contributed by atoms with Gasteiger partial charge in [0.1, 0.15) is 27.8 Å². The maximum Gasteiger partial charge on any atom is 0.239 e. The van der Waals surface area contributed by atoms with E-state index in [9.17, 15) is 4.79 Å². The molecule has 0 spiro atoms. The third-order valence-electron chi connectivity index (χ3n) is 3.04. The Hall–Kier alpha value is -1.37. The summed E-state index contributed by atoms with van der Waals surface area (Å²) in [4.78, 5) is 26.0. The Morgan fingerprint density at radius 1 is 1.24 bits per heavy atom. The van der Waals surface area contributed by atoms with Crippen LogP contribution in [0.5, 0.6) is 0 Å². The van der Waals surface area contributed by atoms with E-state index in [2.05, 4.69) is 15.0 Å². The van der Waals surface area contributed by atoms with Gasteiger partial charge in [-0.05, 0) is 18.6 Å². The quantitative estimate of drug-likeness (QED) is 0.785. The van der Waals surface area contributed by atoms with Gasteiger partial charge in [0.05, 0.1) is 11.3 Å².